The van der Waals surface area contributed by atoms with Gasteiger partial charge in [-0.1, -0.05) is 31.2 Å². The first kappa shape index (κ1) is 10.7. The highest BCUT2D eigenvalue weighted by molar-refractivity contribution is 5.77. The first-order chi connectivity index (χ1) is 6.76. The van der Waals surface area contributed by atoms with Gasteiger partial charge >= 0.3 is 0 Å². The van der Waals surface area contributed by atoms with Crippen LogP contribution in [0.4, 0.5) is 0 Å². The van der Waals surface area contributed by atoms with Crippen LogP contribution < -0.4 is 11.1 Å². The lowest BCUT2D eigenvalue weighted by Crippen LogP contribution is -2.29. The second-order valence-electron chi connectivity index (χ2n) is 3.15. The Hall–Kier alpha value is -1.35. The number of benzene rings is 1. The van der Waals surface area contributed by atoms with Crippen molar-refractivity contribution in [1.82, 2.24) is 5.32 Å². The fraction of sp³-hybridized carbons (Fsp3) is 0.364. The molecule has 14 heavy (non-hydrogen) atoms. The Kier molecular flexibility index (Phi) is 4.13. The molecule has 3 heteroatoms. The predicted molar refractivity (Wildman–Crippen MR) is 56.7 cm³/mol. The molecule has 0 saturated heterocycles. The molecule has 3 nitrogen and oxygen atoms in total. The summed E-state index contributed by atoms with van der Waals surface area (Å²) >= 11 is 0. The normalized spacial score (nSPS) is 9.86. The number of amides is 1. The molecule has 1 amide bonds. The molecule has 76 valence electrons. The molecule has 0 saturated carbocycles. The Labute approximate surface area is 84.3 Å². The number of rotatable bonds is 4. The molecule has 0 aromatic heterocycles. The summed E-state index contributed by atoms with van der Waals surface area (Å²) in [6, 6.07) is 8.19. The summed E-state index contributed by atoms with van der Waals surface area (Å²) in [7, 11) is 0. The van der Waals surface area contributed by atoms with E-state index in [0.29, 0.717) is 6.54 Å². The zero-order chi connectivity index (χ0) is 10.4. The maximum absolute atomic E-state index is 10.9. The molecule has 1 aromatic carbocycles. The standard InChI is InChI=1S/C11H16N2O/c1-2-9-3-5-10(6-4-9)8-13-11(14)7-12/h3-6H,2,7-8,12H2,1H3,(H,13,14). The smallest absolute Gasteiger partial charge is 0.234 e. The molecule has 0 spiro atoms. The van der Waals surface area contributed by atoms with E-state index < -0.39 is 0 Å². The number of nitrogens with one attached hydrogen (secondary N) is 1. The lowest BCUT2D eigenvalue weighted by Gasteiger charge is -2.04. The molecule has 1 aromatic rings. The summed E-state index contributed by atoms with van der Waals surface area (Å²) in [5, 5.41) is 2.72. The Bertz CT molecular complexity index is 293. The van der Waals surface area contributed by atoms with Crippen LogP contribution in [0, 0.1) is 0 Å². The van der Waals surface area contributed by atoms with Crippen molar-refractivity contribution in [3.63, 3.8) is 0 Å². The van der Waals surface area contributed by atoms with E-state index in [4.69, 9.17) is 5.73 Å². The minimum Gasteiger partial charge on any atom is -0.351 e. The molecule has 0 bridgehead atoms. The minimum absolute atomic E-state index is 0.0487. The van der Waals surface area contributed by atoms with Gasteiger partial charge in [-0.2, -0.15) is 0 Å². The van der Waals surface area contributed by atoms with Gasteiger partial charge in [-0.05, 0) is 17.5 Å². The van der Waals surface area contributed by atoms with Gasteiger partial charge in [0.15, 0.2) is 0 Å². The minimum atomic E-state index is -0.121. The van der Waals surface area contributed by atoms with Gasteiger partial charge in [0.2, 0.25) is 5.91 Å². The van der Waals surface area contributed by atoms with Crippen LogP contribution in [0.3, 0.4) is 0 Å². The second-order valence-corrected chi connectivity index (χ2v) is 3.15. The first-order valence-electron chi connectivity index (χ1n) is 4.81. The van der Waals surface area contributed by atoms with Crippen molar-refractivity contribution in [2.45, 2.75) is 19.9 Å². The molecule has 0 fully saturated rings. The number of carbonyl (C=O) groups is 1. The monoisotopic (exact) mass is 192 g/mol. The first-order valence-corrected chi connectivity index (χ1v) is 4.81. The highest BCUT2D eigenvalue weighted by Crippen LogP contribution is 2.04. The Morgan fingerprint density at radius 2 is 1.86 bits per heavy atom. The molecule has 0 heterocycles. The van der Waals surface area contributed by atoms with Crippen molar-refractivity contribution < 1.29 is 4.79 Å². The third-order valence-corrected chi connectivity index (χ3v) is 2.11. The van der Waals surface area contributed by atoms with Crippen LogP contribution >= 0.6 is 0 Å². The van der Waals surface area contributed by atoms with E-state index in [1.807, 2.05) is 12.1 Å². The van der Waals surface area contributed by atoms with E-state index >= 15 is 0 Å². The average Bonchev–Trinajstić information content (AvgIpc) is 2.26. The summed E-state index contributed by atoms with van der Waals surface area (Å²) in [6.45, 7) is 2.72. The summed E-state index contributed by atoms with van der Waals surface area (Å²) in [5.41, 5.74) is 7.58. The number of hydrogen-bond acceptors (Lipinski definition) is 2. The van der Waals surface area contributed by atoms with E-state index in [9.17, 15) is 4.79 Å². The van der Waals surface area contributed by atoms with Crippen LogP contribution in [0.2, 0.25) is 0 Å². The van der Waals surface area contributed by atoms with Crippen molar-refractivity contribution in [1.29, 1.82) is 0 Å². The molecule has 0 unspecified atom stereocenters. The van der Waals surface area contributed by atoms with Gasteiger partial charge in [0.1, 0.15) is 0 Å². The lowest BCUT2D eigenvalue weighted by atomic mass is 10.1. The number of aryl methyl sites for hydroxylation is 1. The van der Waals surface area contributed by atoms with Gasteiger partial charge in [-0.3, -0.25) is 4.79 Å². The van der Waals surface area contributed by atoms with Crippen LogP contribution in [0.15, 0.2) is 24.3 Å². The molecule has 0 aliphatic heterocycles. The van der Waals surface area contributed by atoms with Crippen molar-refractivity contribution >= 4 is 5.91 Å². The largest absolute Gasteiger partial charge is 0.351 e. The van der Waals surface area contributed by atoms with E-state index in [0.717, 1.165) is 12.0 Å². The van der Waals surface area contributed by atoms with Crippen molar-refractivity contribution in [3.05, 3.63) is 35.4 Å². The van der Waals surface area contributed by atoms with Gasteiger partial charge < -0.3 is 11.1 Å². The van der Waals surface area contributed by atoms with Crippen molar-refractivity contribution in [3.8, 4) is 0 Å². The maximum atomic E-state index is 10.9. The van der Waals surface area contributed by atoms with Crippen LogP contribution in [-0.2, 0) is 17.8 Å². The van der Waals surface area contributed by atoms with Gasteiger partial charge in [0.05, 0.1) is 6.54 Å². The van der Waals surface area contributed by atoms with Crippen molar-refractivity contribution in [2.75, 3.05) is 6.54 Å². The lowest BCUT2D eigenvalue weighted by molar-refractivity contribution is -0.119. The predicted octanol–water partition coefficient (Wildman–Crippen LogP) is 0.824. The molecular formula is C11H16N2O. The fourth-order valence-electron chi connectivity index (χ4n) is 1.17. The third-order valence-electron chi connectivity index (χ3n) is 2.11. The Balaban J connectivity index is 2.47. The summed E-state index contributed by atoms with van der Waals surface area (Å²) in [6.07, 6.45) is 1.04. The van der Waals surface area contributed by atoms with Crippen LogP contribution in [0.1, 0.15) is 18.1 Å². The van der Waals surface area contributed by atoms with E-state index in [1.54, 1.807) is 0 Å². The SMILES string of the molecule is CCc1ccc(CNC(=O)CN)cc1. The zero-order valence-electron chi connectivity index (χ0n) is 8.42. The highest BCUT2D eigenvalue weighted by Gasteiger charge is 1.97. The number of hydrogen-bond donors (Lipinski definition) is 2. The van der Waals surface area contributed by atoms with E-state index in [-0.39, 0.29) is 12.5 Å². The van der Waals surface area contributed by atoms with Gasteiger partial charge in [-0.25, -0.2) is 0 Å². The maximum Gasteiger partial charge on any atom is 0.234 e. The number of nitrogens with two attached hydrogens (primary N) is 1. The van der Waals surface area contributed by atoms with Gasteiger partial charge in [0.25, 0.3) is 0 Å². The fourth-order valence-corrected chi connectivity index (χ4v) is 1.17. The van der Waals surface area contributed by atoms with Crippen molar-refractivity contribution in [2.24, 2.45) is 5.73 Å². The third kappa shape index (κ3) is 3.18. The molecule has 1 rings (SSSR count). The van der Waals surface area contributed by atoms with E-state index in [2.05, 4.69) is 24.4 Å². The van der Waals surface area contributed by atoms with Gasteiger partial charge in [-0.15, -0.1) is 0 Å². The molecular weight excluding hydrogens is 176 g/mol. The summed E-state index contributed by atoms with van der Waals surface area (Å²) in [4.78, 5) is 10.9. The van der Waals surface area contributed by atoms with E-state index in [1.165, 1.54) is 5.56 Å². The van der Waals surface area contributed by atoms with Gasteiger partial charge in [0, 0.05) is 6.54 Å². The molecule has 0 radical (unpaired) electrons. The molecule has 0 atom stereocenters. The Morgan fingerprint density at radius 1 is 1.29 bits per heavy atom. The molecule has 0 aliphatic rings. The van der Waals surface area contributed by atoms with Crippen LogP contribution in [0.25, 0.3) is 0 Å². The quantitative estimate of drug-likeness (QED) is 0.742. The molecule has 3 N–H and O–H groups in total. The summed E-state index contributed by atoms with van der Waals surface area (Å²) < 4.78 is 0. The number of carbonyl (C=O) groups excluding carboxylic acids is 1. The molecule has 0 aliphatic carbocycles. The second kappa shape index (κ2) is 5.40. The topological polar surface area (TPSA) is 55.1 Å². The van der Waals surface area contributed by atoms with Crippen LogP contribution in [0.5, 0.6) is 0 Å². The zero-order valence-corrected chi connectivity index (χ0v) is 8.42. The Morgan fingerprint density at radius 3 is 2.36 bits per heavy atom. The average molecular weight is 192 g/mol. The summed E-state index contributed by atoms with van der Waals surface area (Å²) in [5.74, 6) is -0.121. The van der Waals surface area contributed by atoms with Crippen LogP contribution in [-0.4, -0.2) is 12.5 Å². The highest BCUT2D eigenvalue weighted by atomic mass is 16.1.